The highest BCUT2D eigenvalue weighted by molar-refractivity contribution is 7.89. The summed E-state index contributed by atoms with van der Waals surface area (Å²) in [5.74, 6) is -0.731. The molecule has 3 aromatic rings. The molecule has 1 heterocycles. The van der Waals surface area contributed by atoms with Gasteiger partial charge in [-0.05, 0) is 41.8 Å². The minimum absolute atomic E-state index is 0.119. The van der Waals surface area contributed by atoms with E-state index in [2.05, 4.69) is 10.6 Å². The number of hydrogen-bond acceptors (Lipinski definition) is 5. The minimum Gasteiger partial charge on any atom is -0.325 e. The van der Waals surface area contributed by atoms with Crippen LogP contribution in [0, 0.1) is 0 Å². The molecule has 0 bridgehead atoms. The van der Waals surface area contributed by atoms with Crippen LogP contribution < -0.4 is 10.6 Å². The molecular weight excluding hydrogens is 410 g/mol. The molecule has 0 aliphatic rings. The standard InChI is InChI=1S/C20H19N3O4S2/c1-23(29(26,27)17-9-3-2-4-10-17)14-19(24)21-15-7-5-8-16(13-15)22-20(25)18-11-6-12-28-18/h2-13H,14H2,1H3,(H,21,24)(H,22,25). The number of anilines is 2. The number of carbonyl (C=O) groups is 2. The molecule has 29 heavy (non-hydrogen) atoms. The van der Waals surface area contributed by atoms with Crippen LogP contribution in [0.2, 0.25) is 0 Å². The molecule has 0 unspecified atom stereocenters. The molecule has 0 aliphatic carbocycles. The van der Waals surface area contributed by atoms with Crippen LogP contribution in [0.25, 0.3) is 0 Å². The zero-order chi connectivity index (χ0) is 20.9. The number of nitrogens with one attached hydrogen (secondary N) is 2. The van der Waals surface area contributed by atoms with Crippen LogP contribution in [0.3, 0.4) is 0 Å². The number of sulfonamides is 1. The predicted octanol–water partition coefficient (Wildman–Crippen LogP) is 3.26. The molecule has 0 atom stereocenters. The molecule has 2 aromatic carbocycles. The van der Waals surface area contributed by atoms with Crippen molar-refractivity contribution in [1.82, 2.24) is 4.31 Å². The summed E-state index contributed by atoms with van der Waals surface area (Å²) in [5.41, 5.74) is 0.968. The lowest BCUT2D eigenvalue weighted by molar-refractivity contribution is -0.116. The molecule has 9 heteroatoms. The minimum atomic E-state index is -3.76. The van der Waals surface area contributed by atoms with Crippen LogP contribution in [-0.2, 0) is 14.8 Å². The predicted molar refractivity (Wildman–Crippen MR) is 114 cm³/mol. The number of hydrogen-bond donors (Lipinski definition) is 2. The number of nitrogens with zero attached hydrogens (tertiary/aromatic N) is 1. The zero-order valence-corrected chi connectivity index (χ0v) is 17.2. The van der Waals surface area contributed by atoms with Crippen molar-refractivity contribution in [1.29, 1.82) is 0 Å². The van der Waals surface area contributed by atoms with Crippen LogP contribution in [0.15, 0.2) is 77.0 Å². The maximum absolute atomic E-state index is 12.5. The first-order valence-corrected chi connectivity index (χ1v) is 10.9. The molecule has 7 nitrogen and oxygen atoms in total. The molecule has 0 radical (unpaired) electrons. The van der Waals surface area contributed by atoms with Gasteiger partial charge in [-0.25, -0.2) is 8.42 Å². The summed E-state index contributed by atoms with van der Waals surface area (Å²) < 4.78 is 26.0. The third-order valence-corrected chi connectivity index (χ3v) is 6.65. The second-order valence-corrected chi connectivity index (χ2v) is 9.13. The number of amides is 2. The van der Waals surface area contributed by atoms with Gasteiger partial charge in [0.1, 0.15) is 0 Å². The lowest BCUT2D eigenvalue weighted by Crippen LogP contribution is -2.34. The molecule has 0 spiro atoms. The summed E-state index contributed by atoms with van der Waals surface area (Å²) in [6.07, 6.45) is 0. The molecular formula is C20H19N3O4S2. The van der Waals surface area contributed by atoms with Gasteiger partial charge in [0, 0.05) is 18.4 Å². The van der Waals surface area contributed by atoms with E-state index in [0.717, 1.165) is 4.31 Å². The quantitative estimate of drug-likeness (QED) is 0.603. The molecule has 150 valence electrons. The molecule has 0 aliphatic heterocycles. The summed E-state index contributed by atoms with van der Waals surface area (Å²) >= 11 is 1.33. The number of rotatable bonds is 7. The van der Waals surface area contributed by atoms with Gasteiger partial charge in [-0.15, -0.1) is 11.3 Å². The highest BCUT2D eigenvalue weighted by Crippen LogP contribution is 2.18. The Morgan fingerprint density at radius 2 is 1.62 bits per heavy atom. The Hall–Kier alpha value is -3.01. The second-order valence-electron chi connectivity index (χ2n) is 6.13. The Morgan fingerprint density at radius 1 is 0.931 bits per heavy atom. The Kier molecular flexibility index (Phi) is 6.42. The van der Waals surface area contributed by atoms with Crippen LogP contribution in [0.4, 0.5) is 11.4 Å². The fraction of sp³-hybridized carbons (Fsp3) is 0.100. The van der Waals surface area contributed by atoms with Crippen molar-refractivity contribution in [2.24, 2.45) is 0 Å². The maximum atomic E-state index is 12.5. The average molecular weight is 430 g/mol. The lowest BCUT2D eigenvalue weighted by Gasteiger charge is -2.17. The first kappa shape index (κ1) is 20.7. The van der Waals surface area contributed by atoms with Gasteiger partial charge < -0.3 is 10.6 Å². The Morgan fingerprint density at radius 3 is 2.28 bits per heavy atom. The van der Waals surface area contributed by atoms with Crippen LogP contribution in [-0.4, -0.2) is 38.1 Å². The maximum Gasteiger partial charge on any atom is 0.265 e. The van der Waals surface area contributed by atoms with Gasteiger partial charge in [0.05, 0.1) is 16.3 Å². The van der Waals surface area contributed by atoms with Gasteiger partial charge in [-0.2, -0.15) is 4.31 Å². The van der Waals surface area contributed by atoms with E-state index in [1.807, 2.05) is 5.38 Å². The third kappa shape index (κ3) is 5.29. The van der Waals surface area contributed by atoms with Gasteiger partial charge in [0.15, 0.2) is 0 Å². The fourth-order valence-electron chi connectivity index (χ4n) is 2.54. The van der Waals surface area contributed by atoms with Crippen molar-refractivity contribution in [2.45, 2.75) is 4.90 Å². The van der Waals surface area contributed by atoms with Crippen LogP contribution >= 0.6 is 11.3 Å². The molecule has 2 amide bonds. The van der Waals surface area contributed by atoms with Crippen molar-refractivity contribution in [3.63, 3.8) is 0 Å². The SMILES string of the molecule is CN(CC(=O)Nc1cccc(NC(=O)c2cccs2)c1)S(=O)(=O)c1ccccc1. The normalized spacial score (nSPS) is 11.2. The number of benzene rings is 2. The largest absolute Gasteiger partial charge is 0.325 e. The molecule has 2 N–H and O–H groups in total. The van der Waals surface area contributed by atoms with E-state index in [0.29, 0.717) is 16.3 Å². The summed E-state index contributed by atoms with van der Waals surface area (Å²) in [4.78, 5) is 25.2. The van der Waals surface area contributed by atoms with E-state index in [4.69, 9.17) is 0 Å². The van der Waals surface area contributed by atoms with E-state index in [1.165, 1.54) is 30.5 Å². The molecule has 0 fully saturated rings. The molecule has 1 aromatic heterocycles. The van der Waals surface area contributed by atoms with Crippen molar-refractivity contribution in [2.75, 3.05) is 24.2 Å². The first-order chi connectivity index (χ1) is 13.9. The number of likely N-dealkylation sites (N-methyl/N-ethyl adjacent to an activating group) is 1. The Labute approximate surface area is 173 Å². The van der Waals surface area contributed by atoms with Crippen LogP contribution in [0.5, 0.6) is 0 Å². The second kappa shape index (κ2) is 8.99. The lowest BCUT2D eigenvalue weighted by atomic mass is 10.2. The van der Waals surface area contributed by atoms with E-state index in [-0.39, 0.29) is 17.3 Å². The summed E-state index contributed by atoms with van der Waals surface area (Å²) in [6, 6.07) is 18.1. The summed E-state index contributed by atoms with van der Waals surface area (Å²) in [6.45, 7) is -0.344. The topological polar surface area (TPSA) is 95.6 Å². The Balaban J connectivity index is 1.63. The summed E-state index contributed by atoms with van der Waals surface area (Å²) in [5, 5.41) is 7.22. The monoisotopic (exact) mass is 429 g/mol. The van der Waals surface area contributed by atoms with Gasteiger partial charge in [0.2, 0.25) is 15.9 Å². The van der Waals surface area contributed by atoms with E-state index in [9.17, 15) is 18.0 Å². The van der Waals surface area contributed by atoms with E-state index in [1.54, 1.807) is 54.6 Å². The summed E-state index contributed by atoms with van der Waals surface area (Å²) in [7, 11) is -2.41. The van der Waals surface area contributed by atoms with Crippen molar-refractivity contribution < 1.29 is 18.0 Å². The zero-order valence-electron chi connectivity index (χ0n) is 15.5. The average Bonchev–Trinajstić information content (AvgIpc) is 3.24. The molecule has 0 saturated carbocycles. The van der Waals surface area contributed by atoms with Crippen molar-refractivity contribution in [3.8, 4) is 0 Å². The first-order valence-electron chi connectivity index (χ1n) is 8.62. The van der Waals surface area contributed by atoms with E-state index >= 15 is 0 Å². The fourth-order valence-corrected chi connectivity index (χ4v) is 4.30. The van der Waals surface area contributed by atoms with Gasteiger partial charge in [0.25, 0.3) is 5.91 Å². The molecule has 3 rings (SSSR count). The highest BCUT2D eigenvalue weighted by atomic mass is 32.2. The van der Waals surface area contributed by atoms with Gasteiger partial charge in [-0.1, -0.05) is 30.3 Å². The van der Waals surface area contributed by atoms with Crippen molar-refractivity contribution >= 4 is 44.5 Å². The van der Waals surface area contributed by atoms with Crippen LogP contribution in [0.1, 0.15) is 9.67 Å². The van der Waals surface area contributed by atoms with E-state index < -0.39 is 15.9 Å². The smallest absolute Gasteiger partial charge is 0.265 e. The third-order valence-electron chi connectivity index (χ3n) is 3.97. The number of carbonyl (C=O) groups excluding carboxylic acids is 2. The molecule has 0 saturated heterocycles. The highest BCUT2D eigenvalue weighted by Gasteiger charge is 2.22. The van der Waals surface area contributed by atoms with Gasteiger partial charge >= 0.3 is 0 Å². The number of thiophene rings is 1. The van der Waals surface area contributed by atoms with Crippen molar-refractivity contribution in [3.05, 3.63) is 77.0 Å². The Bertz CT molecular complexity index is 1100. The van der Waals surface area contributed by atoms with Gasteiger partial charge in [-0.3, -0.25) is 9.59 Å².